The van der Waals surface area contributed by atoms with Gasteiger partial charge < -0.3 is 24.3 Å². The fraction of sp³-hybridized carbons (Fsp3) is 0.200. The zero-order valence-corrected chi connectivity index (χ0v) is 21.7. The first-order chi connectivity index (χ1) is 19.8. The highest BCUT2D eigenvalue weighted by molar-refractivity contribution is 5.84. The summed E-state index contributed by atoms with van der Waals surface area (Å²) in [5.41, 5.74) is 8.17. The third-order valence-electron chi connectivity index (χ3n) is 7.84. The van der Waals surface area contributed by atoms with Crippen LogP contribution >= 0.6 is 0 Å². The molecule has 198 valence electrons. The monoisotopic (exact) mass is 529 g/mol. The lowest BCUT2D eigenvalue weighted by atomic mass is 10.1. The Bertz CT molecular complexity index is 1830. The van der Waals surface area contributed by atoms with Gasteiger partial charge in [-0.15, -0.1) is 0 Å². The maximum atomic E-state index is 6.19. The van der Waals surface area contributed by atoms with E-state index in [0.29, 0.717) is 19.0 Å². The Hall–Kier alpha value is -4.96. The van der Waals surface area contributed by atoms with Gasteiger partial charge in [-0.3, -0.25) is 10.1 Å². The van der Waals surface area contributed by atoms with E-state index < -0.39 is 0 Å². The van der Waals surface area contributed by atoms with Crippen LogP contribution in [0.25, 0.3) is 27.8 Å². The summed E-state index contributed by atoms with van der Waals surface area (Å²) in [5, 5.41) is 11.8. The maximum absolute atomic E-state index is 6.19. The Morgan fingerprint density at radius 2 is 1.95 bits per heavy atom. The number of anilines is 4. The first-order valence-corrected chi connectivity index (χ1v) is 13.4. The number of hydrogen-bond acceptors (Lipinski definition) is 8. The first-order valence-electron chi connectivity index (χ1n) is 13.4. The van der Waals surface area contributed by atoms with Crippen LogP contribution in [0.5, 0.6) is 0 Å². The lowest BCUT2D eigenvalue weighted by molar-refractivity contribution is 0.112. The highest BCUT2D eigenvalue weighted by atomic mass is 16.5. The number of rotatable bonds is 4. The van der Waals surface area contributed by atoms with Gasteiger partial charge in [-0.25, -0.2) is 9.97 Å². The second kappa shape index (κ2) is 9.35. The van der Waals surface area contributed by atoms with Gasteiger partial charge in [-0.05, 0) is 36.4 Å². The first kappa shape index (κ1) is 23.0. The van der Waals surface area contributed by atoms with Gasteiger partial charge >= 0.3 is 0 Å². The van der Waals surface area contributed by atoms with Crippen LogP contribution in [0.4, 0.5) is 22.9 Å². The van der Waals surface area contributed by atoms with E-state index in [1.807, 2.05) is 35.4 Å². The van der Waals surface area contributed by atoms with Crippen LogP contribution in [-0.2, 0) is 11.3 Å². The molecule has 10 nitrogen and oxygen atoms in total. The summed E-state index contributed by atoms with van der Waals surface area (Å²) < 4.78 is 8.20. The smallest absolute Gasteiger partial charge is 0.180 e. The molecule has 6 aromatic rings. The molecule has 0 spiro atoms. The molecule has 1 saturated heterocycles. The van der Waals surface area contributed by atoms with Crippen molar-refractivity contribution in [2.75, 3.05) is 41.4 Å². The van der Waals surface area contributed by atoms with E-state index >= 15 is 0 Å². The van der Waals surface area contributed by atoms with Crippen molar-refractivity contribution in [1.29, 1.82) is 0 Å². The molecule has 2 aliphatic heterocycles. The van der Waals surface area contributed by atoms with Crippen molar-refractivity contribution < 1.29 is 4.74 Å². The molecular formula is C30H27N9O. The Balaban J connectivity index is 1.09. The van der Waals surface area contributed by atoms with Crippen LogP contribution in [-0.4, -0.2) is 61.8 Å². The van der Waals surface area contributed by atoms with Crippen molar-refractivity contribution >= 4 is 39.4 Å². The van der Waals surface area contributed by atoms with Gasteiger partial charge in [-0.1, -0.05) is 12.1 Å². The normalized spacial score (nSPS) is 17.1. The van der Waals surface area contributed by atoms with Gasteiger partial charge in [0, 0.05) is 84.2 Å². The van der Waals surface area contributed by atoms with E-state index in [2.05, 4.69) is 83.8 Å². The maximum Gasteiger partial charge on any atom is 0.180 e. The highest BCUT2D eigenvalue weighted by Crippen LogP contribution is 2.34. The van der Waals surface area contributed by atoms with Crippen molar-refractivity contribution in [3.8, 4) is 11.3 Å². The summed E-state index contributed by atoms with van der Waals surface area (Å²) in [7, 11) is 0. The molecule has 2 aliphatic rings. The summed E-state index contributed by atoms with van der Waals surface area (Å²) in [6.07, 6.45) is 11.3. The SMILES string of the molecule is c1cc(N2CCN3c4ccc(Nc5nc(-c6ccc7cn[nH]c7c6)cn6ccnc56)cc4COCC3C2)ccn1. The number of ether oxygens (including phenoxy) is 1. The molecule has 0 amide bonds. The molecule has 1 fully saturated rings. The molecule has 10 heteroatoms. The molecule has 2 aromatic carbocycles. The van der Waals surface area contributed by atoms with Gasteiger partial charge in [0.1, 0.15) is 0 Å². The summed E-state index contributed by atoms with van der Waals surface area (Å²) in [5.74, 6) is 0.700. The summed E-state index contributed by atoms with van der Waals surface area (Å²) in [4.78, 5) is 18.6. The third-order valence-corrected chi connectivity index (χ3v) is 7.84. The summed E-state index contributed by atoms with van der Waals surface area (Å²) in [6.45, 7) is 4.08. The Labute approximate surface area is 230 Å². The average molecular weight is 530 g/mol. The van der Waals surface area contributed by atoms with Crippen molar-refractivity contribution in [3.05, 3.63) is 91.3 Å². The van der Waals surface area contributed by atoms with Crippen LogP contribution in [0.15, 0.2) is 85.7 Å². The molecule has 0 radical (unpaired) electrons. The number of pyridine rings is 1. The van der Waals surface area contributed by atoms with Gasteiger partial charge in [0.15, 0.2) is 11.5 Å². The van der Waals surface area contributed by atoms with Crippen LogP contribution < -0.4 is 15.1 Å². The predicted octanol–water partition coefficient (Wildman–Crippen LogP) is 4.64. The Morgan fingerprint density at radius 3 is 2.90 bits per heavy atom. The number of benzene rings is 2. The third kappa shape index (κ3) is 4.00. The van der Waals surface area contributed by atoms with Crippen molar-refractivity contribution in [3.63, 3.8) is 0 Å². The van der Waals surface area contributed by atoms with E-state index in [4.69, 9.17) is 9.72 Å². The number of H-pyrrole nitrogens is 1. The summed E-state index contributed by atoms with van der Waals surface area (Å²) >= 11 is 0. The summed E-state index contributed by atoms with van der Waals surface area (Å²) in [6, 6.07) is 17.1. The fourth-order valence-electron chi connectivity index (χ4n) is 5.86. The molecule has 2 N–H and O–H groups in total. The lowest BCUT2D eigenvalue weighted by Gasteiger charge is -2.43. The second-order valence-corrected chi connectivity index (χ2v) is 10.3. The van der Waals surface area contributed by atoms with E-state index in [1.54, 1.807) is 6.20 Å². The second-order valence-electron chi connectivity index (χ2n) is 10.3. The number of aromatic amines is 1. The van der Waals surface area contributed by atoms with Gasteiger partial charge in [0.05, 0.1) is 36.7 Å². The molecule has 0 saturated carbocycles. The van der Waals surface area contributed by atoms with E-state index in [9.17, 15) is 0 Å². The number of fused-ring (bicyclic) bond motifs is 5. The van der Waals surface area contributed by atoms with Crippen molar-refractivity contribution in [2.24, 2.45) is 0 Å². The average Bonchev–Trinajstić information content (AvgIpc) is 3.63. The minimum atomic E-state index is 0.289. The van der Waals surface area contributed by atoms with Gasteiger partial charge in [0.2, 0.25) is 0 Å². The molecule has 0 aliphatic carbocycles. The zero-order valence-electron chi connectivity index (χ0n) is 21.7. The molecule has 0 bridgehead atoms. The van der Waals surface area contributed by atoms with Crippen LogP contribution in [0.2, 0.25) is 0 Å². The van der Waals surface area contributed by atoms with Gasteiger partial charge in [-0.2, -0.15) is 5.10 Å². The van der Waals surface area contributed by atoms with Crippen molar-refractivity contribution in [2.45, 2.75) is 12.6 Å². The quantitative estimate of drug-likeness (QED) is 0.341. The molecular weight excluding hydrogens is 502 g/mol. The largest absolute Gasteiger partial charge is 0.374 e. The molecule has 40 heavy (non-hydrogen) atoms. The molecule has 1 unspecified atom stereocenters. The molecule has 8 rings (SSSR count). The number of nitrogens with one attached hydrogen (secondary N) is 2. The number of piperazine rings is 1. The minimum absolute atomic E-state index is 0.289. The fourth-order valence-corrected chi connectivity index (χ4v) is 5.86. The van der Waals surface area contributed by atoms with Crippen LogP contribution in [0, 0.1) is 0 Å². The topological polar surface area (TPSA) is 99.5 Å². The number of nitrogens with zero attached hydrogens (tertiary/aromatic N) is 7. The predicted molar refractivity (Wildman–Crippen MR) is 155 cm³/mol. The molecule has 1 atom stereocenters. The number of aromatic nitrogens is 6. The van der Waals surface area contributed by atoms with E-state index in [1.165, 1.54) is 16.9 Å². The number of imidazole rings is 1. The molecule has 6 heterocycles. The Kier molecular flexibility index (Phi) is 5.37. The van der Waals surface area contributed by atoms with Crippen molar-refractivity contribution in [1.82, 2.24) is 29.5 Å². The zero-order chi connectivity index (χ0) is 26.5. The lowest BCUT2D eigenvalue weighted by Crippen LogP contribution is -2.55. The number of hydrogen-bond donors (Lipinski definition) is 2. The highest BCUT2D eigenvalue weighted by Gasteiger charge is 2.31. The van der Waals surface area contributed by atoms with E-state index in [-0.39, 0.29) is 6.04 Å². The molecule has 4 aromatic heterocycles. The van der Waals surface area contributed by atoms with Crippen LogP contribution in [0.1, 0.15) is 5.56 Å². The Morgan fingerprint density at radius 1 is 1.00 bits per heavy atom. The van der Waals surface area contributed by atoms with Gasteiger partial charge in [0.25, 0.3) is 0 Å². The van der Waals surface area contributed by atoms with Crippen LogP contribution in [0.3, 0.4) is 0 Å². The minimum Gasteiger partial charge on any atom is -0.374 e. The van der Waals surface area contributed by atoms with E-state index in [0.717, 1.165) is 53.1 Å². The standard InChI is InChI=1S/C30H27N9O/c1-2-21-15-33-36-26(21)14-20(1)27-17-38-10-9-32-30(38)29(35-27)34-23-3-4-28-22(13-23)18-40-19-25-16-37(11-12-39(25)28)24-5-7-31-8-6-24/h1-10,13-15,17,25H,11-12,16,18-19H2,(H,33,36)(H,34,35).